The Morgan fingerprint density at radius 1 is 0.697 bits per heavy atom. The van der Waals surface area contributed by atoms with Gasteiger partial charge in [0, 0.05) is 23.6 Å². The lowest BCUT2D eigenvalue weighted by molar-refractivity contribution is 0.470. The summed E-state index contributed by atoms with van der Waals surface area (Å²) >= 11 is 0. The second-order valence-corrected chi connectivity index (χ2v) is 21.8. The Morgan fingerprint density at radius 2 is 1.06 bits per heavy atom. The Bertz CT molecular complexity index is 993. The number of hydrogen-bond acceptors (Lipinski definition) is 4. The summed E-state index contributed by atoms with van der Waals surface area (Å²) in [6, 6.07) is 8.89. The van der Waals surface area contributed by atoms with Gasteiger partial charge in [-0.1, -0.05) is 73.9 Å². The first kappa shape index (κ1) is 25.4. The van der Waals surface area contributed by atoms with E-state index in [1.54, 1.807) is 0 Å². The minimum absolute atomic E-state index is 0.214. The predicted molar refractivity (Wildman–Crippen MR) is 148 cm³/mol. The molecule has 0 spiro atoms. The molecule has 178 valence electrons. The van der Waals surface area contributed by atoms with Crippen LogP contribution in [0.1, 0.15) is 41.5 Å². The third-order valence-electron chi connectivity index (χ3n) is 6.62. The van der Waals surface area contributed by atoms with E-state index in [1.807, 2.05) is 26.3 Å². The molecule has 2 atom stereocenters. The van der Waals surface area contributed by atoms with E-state index in [0.717, 1.165) is 41.5 Å². The molecular formula is C27H40N2O2Si2. The summed E-state index contributed by atoms with van der Waals surface area (Å²) in [6.45, 7) is 17.8. The van der Waals surface area contributed by atoms with Gasteiger partial charge in [-0.2, -0.15) is 0 Å². The quantitative estimate of drug-likeness (QED) is 0.437. The molecule has 4 nitrogen and oxygen atoms in total. The van der Waals surface area contributed by atoms with Gasteiger partial charge in [0.2, 0.25) is 0 Å². The molecule has 1 fully saturated rings. The van der Waals surface area contributed by atoms with E-state index in [9.17, 15) is 10.2 Å². The molecule has 2 N–H and O–H groups in total. The van der Waals surface area contributed by atoms with Crippen molar-refractivity contribution < 1.29 is 10.2 Å². The fraction of sp³-hybridized carbons (Fsp3) is 0.481. The van der Waals surface area contributed by atoms with Crippen LogP contribution in [0.4, 0.5) is 0 Å². The van der Waals surface area contributed by atoms with Gasteiger partial charge in [0.25, 0.3) is 0 Å². The summed E-state index contributed by atoms with van der Waals surface area (Å²) in [5.74, 6) is 0.669. The maximum absolute atomic E-state index is 10.5. The number of hydrogen-bond donors (Lipinski definition) is 2. The number of phenols is 2. The molecule has 2 aromatic carbocycles. The number of rotatable bonds is 6. The van der Waals surface area contributed by atoms with Crippen LogP contribution in [0.25, 0.3) is 0 Å². The van der Waals surface area contributed by atoms with E-state index >= 15 is 0 Å². The average molecular weight is 481 g/mol. The molecular weight excluding hydrogens is 440 g/mol. The highest BCUT2D eigenvalue weighted by molar-refractivity contribution is 6.89. The Labute approximate surface area is 201 Å². The number of aliphatic imine (C=N–C) groups is 2. The van der Waals surface area contributed by atoms with E-state index in [-0.39, 0.29) is 12.1 Å². The first-order chi connectivity index (χ1) is 15.3. The number of aryl methyl sites for hydroxylation is 2. The van der Waals surface area contributed by atoms with E-state index in [0.29, 0.717) is 11.5 Å². The molecule has 0 amide bonds. The van der Waals surface area contributed by atoms with Gasteiger partial charge in [0.05, 0.1) is 28.2 Å². The topological polar surface area (TPSA) is 65.2 Å². The lowest BCUT2D eigenvalue weighted by Crippen LogP contribution is -2.38. The molecule has 3 rings (SSSR count). The molecule has 2 unspecified atom stereocenters. The monoisotopic (exact) mass is 480 g/mol. The summed E-state index contributed by atoms with van der Waals surface area (Å²) in [5.41, 5.74) is 3.48. The van der Waals surface area contributed by atoms with E-state index in [2.05, 4.69) is 63.5 Å². The standard InChI is InChI=1S/C27H40N2O2Si2/c1-18-11-24(32(3,4)5)13-20(26(18)30)16-28-22-9-10-23(15-22)29-17-21-14-25(33(6,7)8)12-19(2)27(21)31/h11-14,16-17,22-23,30-31H,9-10,15H2,1-8H3. The highest BCUT2D eigenvalue weighted by atomic mass is 28.3. The van der Waals surface area contributed by atoms with Crippen molar-refractivity contribution in [1.29, 1.82) is 0 Å². The molecule has 0 aromatic heterocycles. The van der Waals surface area contributed by atoms with Gasteiger partial charge >= 0.3 is 0 Å². The van der Waals surface area contributed by atoms with Crippen LogP contribution in [0.3, 0.4) is 0 Å². The van der Waals surface area contributed by atoms with Crippen LogP contribution in [-0.4, -0.2) is 50.9 Å². The van der Waals surface area contributed by atoms with Crippen molar-refractivity contribution in [2.75, 3.05) is 0 Å². The first-order valence-corrected chi connectivity index (χ1v) is 19.0. The summed E-state index contributed by atoms with van der Waals surface area (Å²) in [4.78, 5) is 9.63. The van der Waals surface area contributed by atoms with Gasteiger partial charge in [-0.15, -0.1) is 0 Å². The van der Waals surface area contributed by atoms with Gasteiger partial charge in [0.15, 0.2) is 0 Å². The van der Waals surface area contributed by atoms with Crippen LogP contribution >= 0.6 is 0 Å². The van der Waals surface area contributed by atoms with Crippen molar-refractivity contribution >= 4 is 39.0 Å². The van der Waals surface area contributed by atoms with Crippen LogP contribution in [0.2, 0.25) is 39.3 Å². The summed E-state index contributed by atoms with van der Waals surface area (Å²) in [5, 5.41) is 23.7. The second-order valence-electron chi connectivity index (χ2n) is 11.6. The molecule has 0 radical (unpaired) electrons. The highest BCUT2D eigenvalue weighted by Gasteiger charge is 2.24. The van der Waals surface area contributed by atoms with Crippen molar-refractivity contribution in [2.45, 2.75) is 84.5 Å². The number of phenolic OH excluding ortho intramolecular Hbond substituents is 2. The Balaban J connectivity index is 1.72. The van der Waals surface area contributed by atoms with Gasteiger partial charge in [-0.3, -0.25) is 9.98 Å². The molecule has 33 heavy (non-hydrogen) atoms. The number of aromatic hydroxyl groups is 2. The van der Waals surface area contributed by atoms with Crippen LogP contribution < -0.4 is 10.4 Å². The SMILES string of the molecule is Cc1cc([Si](C)(C)C)cc(C=NC2CCC(N=Cc3cc([Si](C)(C)C)cc(C)c3O)C2)c1O. The maximum atomic E-state index is 10.5. The van der Waals surface area contributed by atoms with Crippen molar-refractivity contribution in [3.8, 4) is 11.5 Å². The zero-order valence-electron chi connectivity index (χ0n) is 21.5. The zero-order chi connectivity index (χ0) is 24.6. The van der Waals surface area contributed by atoms with Gasteiger partial charge in [-0.25, -0.2) is 0 Å². The van der Waals surface area contributed by atoms with Crippen molar-refractivity contribution in [2.24, 2.45) is 9.98 Å². The third kappa shape index (κ3) is 6.24. The number of benzene rings is 2. The summed E-state index contributed by atoms with van der Waals surface area (Å²) in [7, 11) is -2.94. The second kappa shape index (κ2) is 9.59. The van der Waals surface area contributed by atoms with Gasteiger partial charge < -0.3 is 10.2 Å². The van der Waals surface area contributed by atoms with Crippen LogP contribution in [0.15, 0.2) is 34.3 Å². The normalized spacial score (nSPS) is 19.8. The maximum Gasteiger partial charge on any atom is 0.127 e. The Hall–Kier alpha value is -2.19. The molecule has 1 aliphatic carbocycles. The zero-order valence-corrected chi connectivity index (χ0v) is 23.5. The predicted octanol–water partition coefficient (Wildman–Crippen LogP) is 5.26. The lowest BCUT2D eigenvalue weighted by atomic mass is 10.1. The summed E-state index contributed by atoms with van der Waals surface area (Å²) < 4.78 is 0. The molecule has 0 heterocycles. The smallest absolute Gasteiger partial charge is 0.127 e. The minimum Gasteiger partial charge on any atom is -0.507 e. The van der Waals surface area contributed by atoms with Crippen LogP contribution in [-0.2, 0) is 0 Å². The fourth-order valence-electron chi connectivity index (χ4n) is 4.25. The van der Waals surface area contributed by atoms with E-state index < -0.39 is 16.1 Å². The fourth-order valence-corrected chi connectivity index (χ4v) is 6.73. The molecule has 0 aliphatic heterocycles. The third-order valence-corrected chi connectivity index (χ3v) is 10.7. The molecule has 0 bridgehead atoms. The average Bonchev–Trinajstić information content (AvgIpc) is 3.16. The van der Waals surface area contributed by atoms with Crippen LogP contribution in [0, 0.1) is 13.8 Å². The Morgan fingerprint density at radius 3 is 1.39 bits per heavy atom. The summed E-state index contributed by atoms with van der Waals surface area (Å²) in [6.07, 6.45) is 6.59. The lowest BCUT2D eigenvalue weighted by Gasteiger charge is -2.19. The Kier molecular flexibility index (Phi) is 7.39. The largest absolute Gasteiger partial charge is 0.507 e. The minimum atomic E-state index is -1.47. The van der Waals surface area contributed by atoms with Gasteiger partial charge in [0.1, 0.15) is 11.5 Å². The van der Waals surface area contributed by atoms with E-state index in [1.165, 1.54) is 10.4 Å². The van der Waals surface area contributed by atoms with Gasteiger partial charge in [-0.05, 0) is 44.2 Å². The molecule has 2 aromatic rings. The molecule has 1 aliphatic rings. The van der Waals surface area contributed by atoms with Crippen LogP contribution in [0.5, 0.6) is 11.5 Å². The molecule has 1 saturated carbocycles. The first-order valence-electron chi connectivity index (χ1n) is 12.0. The van der Waals surface area contributed by atoms with Crippen molar-refractivity contribution in [3.63, 3.8) is 0 Å². The van der Waals surface area contributed by atoms with Crippen molar-refractivity contribution in [1.82, 2.24) is 0 Å². The number of nitrogens with zero attached hydrogens (tertiary/aromatic N) is 2. The van der Waals surface area contributed by atoms with Crippen molar-refractivity contribution in [3.05, 3.63) is 46.5 Å². The molecule has 0 saturated heterocycles. The molecule has 6 heteroatoms. The van der Waals surface area contributed by atoms with E-state index in [4.69, 9.17) is 9.98 Å². The highest BCUT2D eigenvalue weighted by Crippen LogP contribution is 2.27.